The molecule has 2 aliphatic heterocycles. The number of hydrogen-bond donors (Lipinski definition) is 0. The van der Waals surface area contributed by atoms with Crippen LogP contribution in [-0.4, -0.2) is 47.5 Å². The van der Waals surface area contributed by atoms with Crippen LogP contribution in [0.25, 0.3) is 0 Å². The summed E-state index contributed by atoms with van der Waals surface area (Å²) < 4.78 is 13.1. The van der Waals surface area contributed by atoms with Gasteiger partial charge in [0.1, 0.15) is 17.5 Å². The molecular formula is C22H27FN4O. The molecule has 0 bridgehead atoms. The van der Waals surface area contributed by atoms with E-state index in [2.05, 4.69) is 18.9 Å². The standard InChI is InChI=1S/C22H27FN4O/c1-15-19-6-4-11-26(2)22(19)25-21(24-15)17-5-3-12-27(14-17)20(28)13-16-7-9-18(23)10-8-16/h7-10,17H,3-6,11-14H2,1-2H3/t17-/m1/s1. The van der Waals surface area contributed by atoms with Crippen LogP contribution in [-0.2, 0) is 17.6 Å². The number of aryl methyl sites for hydroxylation is 1. The predicted molar refractivity (Wildman–Crippen MR) is 107 cm³/mol. The van der Waals surface area contributed by atoms with Crippen molar-refractivity contribution in [1.29, 1.82) is 0 Å². The zero-order chi connectivity index (χ0) is 19.7. The highest BCUT2D eigenvalue weighted by molar-refractivity contribution is 5.79. The Hall–Kier alpha value is -2.50. The van der Waals surface area contributed by atoms with Crippen LogP contribution in [0.15, 0.2) is 24.3 Å². The maximum atomic E-state index is 13.1. The van der Waals surface area contributed by atoms with Crippen molar-refractivity contribution in [2.24, 2.45) is 0 Å². The molecule has 6 heteroatoms. The lowest BCUT2D eigenvalue weighted by atomic mass is 9.95. The van der Waals surface area contributed by atoms with Crippen LogP contribution in [0, 0.1) is 12.7 Å². The summed E-state index contributed by atoms with van der Waals surface area (Å²) in [4.78, 5) is 26.6. The zero-order valence-electron chi connectivity index (χ0n) is 16.6. The van der Waals surface area contributed by atoms with Crippen LogP contribution in [0.2, 0.25) is 0 Å². The first kappa shape index (κ1) is 18.8. The molecule has 1 aromatic carbocycles. The second kappa shape index (κ2) is 7.86. The summed E-state index contributed by atoms with van der Waals surface area (Å²) in [5, 5.41) is 0. The van der Waals surface area contributed by atoms with E-state index in [1.165, 1.54) is 17.7 Å². The number of anilines is 1. The molecule has 2 aromatic rings. The van der Waals surface area contributed by atoms with Crippen LogP contribution in [0.5, 0.6) is 0 Å². The van der Waals surface area contributed by atoms with Gasteiger partial charge in [0, 0.05) is 43.9 Å². The molecule has 1 amide bonds. The minimum atomic E-state index is -0.279. The van der Waals surface area contributed by atoms with Crippen LogP contribution in [0.4, 0.5) is 10.2 Å². The Bertz CT molecular complexity index is 868. The van der Waals surface area contributed by atoms with E-state index in [1.807, 2.05) is 4.90 Å². The summed E-state index contributed by atoms with van der Waals surface area (Å²) >= 11 is 0. The lowest BCUT2D eigenvalue weighted by molar-refractivity contribution is -0.131. The maximum Gasteiger partial charge on any atom is 0.227 e. The van der Waals surface area contributed by atoms with Gasteiger partial charge in [-0.25, -0.2) is 14.4 Å². The first-order chi connectivity index (χ1) is 13.5. The van der Waals surface area contributed by atoms with Gasteiger partial charge in [-0.05, 0) is 50.3 Å². The number of rotatable bonds is 3. The number of nitrogens with zero attached hydrogens (tertiary/aromatic N) is 4. The van der Waals surface area contributed by atoms with E-state index in [0.717, 1.165) is 61.7 Å². The van der Waals surface area contributed by atoms with E-state index in [-0.39, 0.29) is 17.6 Å². The number of amides is 1. The second-order valence-electron chi connectivity index (χ2n) is 7.98. The van der Waals surface area contributed by atoms with Gasteiger partial charge in [0.25, 0.3) is 0 Å². The third-order valence-electron chi connectivity index (χ3n) is 5.90. The van der Waals surface area contributed by atoms with Gasteiger partial charge in [0.2, 0.25) is 5.91 Å². The van der Waals surface area contributed by atoms with E-state index < -0.39 is 0 Å². The van der Waals surface area contributed by atoms with Crippen LogP contribution >= 0.6 is 0 Å². The topological polar surface area (TPSA) is 49.3 Å². The largest absolute Gasteiger partial charge is 0.359 e. The fourth-order valence-corrected chi connectivity index (χ4v) is 4.30. The van der Waals surface area contributed by atoms with Crippen LogP contribution in [0.1, 0.15) is 47.8 Å². The summed E-state index contributed by atoms with van der Waals surface area (Å²) in [6, 6.07) is 6.17. The number of piperidine rings is 1. The molecular weight excluding hydrogens is 355 g/mol. The zero-order valence-corrected chi connectivity index (χ0v) is 16.6. The molecule has 3 heterocycles. The van der Waals surface area contributed by atoms with E-state index in [9.17, 15) is 9.18 Å². The monoisotopic (exact) mass is 382 g/mol. The van der Waals surface area contributed by atoms with Crippen molar-refractivity contribution in [3.05, 3.63) is 52.7 Å². The molecule has 1 aromatic heterocycles. The number of halogens is 1. The highest BCUT2D eigenvalue weighted by Crippen LogP contribution is 2.31. The molecule has 0 N–H and O–H groups in total. The lowest BCUT2D eigenvalue weighted by Crippen LogP contribution is -2.40. The summed E-state index contributed by atoms with van der Waals surface area (Å²) in [6.07, 6.45) is 4.44. The second-order valence-corrected chi connectivity index (χ2v) is 7.98. The van der Waals surface area contributed by atoms with Gasteiger partial charge in [-0.2, -0.15) is 0 Å². The average molecular weight is 382 g/mol. The smallest absolute Gasteiger partial charge is 0.227 e. The number of carbonyl (C=O) groups excluding carboxylic acids is 1. The van der Waals surface area contributed by atoms with Crippen molar-refractivity contribution in [2.75, 3.05) is 31.6 Å². The Balaban J connectivity index is 1.49. The van der Waals surface area contributed by atoms with Crippen molar-refractivity contribution in [1.82, 2.24) is 14.9 Å². The number of carbonyl (C=O) groups is 1. The Labute approximate surface area is 165 Å². The summed E-state index contributed by atoms with van der Waals surface area (Å²) in [6.45, 7) is 4.52. The lowest BCUT2D eigenvalue weighted by Gasteiger charge is -2.33. The minimum absolute atomic E-state index is 0.0862. The Morgan fingerprint density at radius 3 is 2.75 bits per heavy atom. The molecule has 0 spiro atoms. The Morgan fingerprint density at radius 2 is 1.96 bits per heavy atom. The molecule has 5 nitrogen and oxygen atoms in total. The fourth-order valence-electron chi connectivity index (χ4n) is 4.30. The quantitative estimate of drug-likeness (QED) is 0.818. The summed E-state index contributed by atoms with van der Waals surface area (Å²) in [7, 11) is 2.09. The van der Waals surface area contributed by atoms with Gasteiger partial charge in [-0.15, -0.1) is 0 Å². The average Bonchev–Trinajstić information content (AvgIpc) is 2.70. The molecule has 1 saturated heterocycles. The molecule has 0 saturated carbocycles. The molecule has 28 heavy (non-hydrogen) atoms. The molecule has 1 fully saturated rings. The van der Waals surface area contributed by atoms with Crippen molar-refractivity contribution in [3.63, 3.8) is 0 Å². The van der Waals surface area contributed by atoms with Gasteiger partial charge >= 0.3 is 0 Å². The first-order valence-electron chi connectivity index (χ1n) is 10.1. The molecule has 0 radical (unpaired) electrons. The predicted octanol–water partition coefficient (Wildman–Crippen LogP) is 3.26. The number of hydrogen-bond acceptors (Lipinski definition) is 4. The van der Waals surface area contributed by atoms with E-state index >= 15 is 0 Å². The van der Waals surface area contributed by atoms with Gasteiger partial charge in [-0.3, -0.25) is 4.79 Å². The molecule has 0 aliphatic carbocycles. The minimum Gasteiger partial charge on any atom is -0.359 e. The van der Waals surface area contributed by atoms with E-state index in [1.54, 1.807) is 12.1 Å². The number of benzene rings is 1. The third kappa shape index (κ3) is 3.86. The molecule has 2 aliphatic rings. The van der Waals surface area contributed by atoms with Crippen molar-refractivity contribution in [2.45, 2.75) is 44.9 Å². The van der Waals surface area contributed by atoms with Gasteiger partial charge in [0.15, 0.2) is 0 Å². The first-order valence-corrected chi connectivity index (χ1v) is 10.1. The maximum absolute atomic E-state index is 13.1. The summed E-state index contributed by atoms with van der Waals surface area (Å²) in [5.74, 6) is 1.90. The number of likely N-dealkylation sites (tertiary alicyclic amines) is 1. The molecule has 1 atom stereocenters. The van der Waals surface area contributed by atoms with Gasteiger partial charge in [0.05, 0.1) is 6.42 Å². The molecule has 148 valence electrons. The fraction of sp³-hybridized carbons (Fsp3) is 0.500. The van der Waals surface area contributed by atoms with Crippen LogP contribution < -0.4 is 4.90 Å². The van der Waals surface area contributed by atoms with Crippen LogP contribution in [0.3, 0.4) is 0 Å². The summed E-state index contributed by atoms with van der Waals surface area (Å²) in [5.41, 5.74) is 3.18. The SMILES string of the molecule is Cc1nc([C@@H]2CCCN(C(=O)Cc3ccc(F)cc3)C2)nc2c1CCCN2C. The van der Waals surface area contributed by atoms with Crippen molar-refractivity contribution >= 4 is 11.7 Å². The Morgan fingerprint density at radius 1 is 1.18 bits per heavy atom. The van der Waals surface area contributed by atoms with E-state index in [0.29, 0.717) is 13.0 Å². The number of fused-ring (bicyclic) bond motifs is 1. The van der Waals surface area contributed by atoms with E-state index in [4.69, 9.17) is 9.97 Å². The van der Waals surface area contributed by atoms with Gasteiger partial charge < -0.3 is 9.80 Å². The Kier molecular flexibility index (Phi) is 5.29. The number of aromatic nitrogens is 2. The highest BCUT2D eigenvalue weighted by Gasteiger charge is 2.28. The molecule has 4 rings (SSSR count). The van der Waals surface area contributed by atoms with Gasteiger partial charge in [-0.1, -0.05) is 12.1 Å². The van der Waals surface area contributed by atoms with Crippen molar-refractivity contribution < 1.29 is 9.18 Å². The third-order valence-corrected chi connectivity index (χ3v) is 5.90. The normalized spacial score (nSPS) is 19.5. The molecule has 0 unspecified atom stereocenters. The highest BCUT2D eigenvalue weighted by atomic mass is 19.1. The van der Waals surface area contributed by atoms with Crippen molar-refractivity contribution in [3.8, 4) is 0 Å².